The highest BCUT2D eigenvalue weighted by Gasteiger charge is 2.22. The highest BCUT2D eigenvalue weighted by Crippen LogP contribution is 2.22. The van der Waals surface area contributed by atoms with Crippen molar-refractivity contribution in [2.45, 2.75) is 37.8 Å². The lowest BCUT2D eigenvalue weighted by Crippen LogP contribution is -2.36. The quantitative estimate of drug-likeness (QED) is 0.751. The second-order valence-electron chi connectivity index (χ2n) is 4.61. The summed E-state index contributed by atoms with van der Waals surface area (Å²) in [4.78, 5) is 15.5. The molecule has 2 rings (SSSR count). The average Bonchev–Trinajstić information content (AvgIpc) is 2.41. The molecule has 0 radical (unpaired) electrons. The Labute approximate surface area is 107 Å². The Kier molecular flexibility index (Phi) is 4.15. The first-order valence-corrected chi connectivity index (χ1v) is 6.33. The van der Waals surface area contributed by atoms with Crippen molar-refractivity contribution in [1.29, 1.82) is 0 Å². The van der Waals surface area contributed by atoms with E-state index in [0.29, 0.717) is 5.69 Å². The fourth-order valence-electron chi connectivity index (χ4n) is 2.27. The number of amides is 1. The smallest absolute Gasteiger partial charge is 0.269 e. The van der Waals surface area contributed by atoms with Crippen LogP contribution in [0, 0.1) is 0 Å². The number of hydrogen-bond donors (Lipinski definition) is 3. The van der Waals surface area contributed by atoms with Crippen LogP contribution in [0.3, 0.4) is 0 Å². The number of rotatable bonds is 3. The normalized spacial score (nSPS) is 23.4. The van der Waals surface area contributed by atoms with Gasteiger partial charge in [0.15, 0.2) is 0 Å². The van der Waals surface area contributed by atoms with Gasteiger partial charge in [-0.15, -0.1) is 0 Å². The summed E-state index contributed by atoms with van der Waals surface area (Å²) in [6.07, 6.45) is 5.29. The van der Waals surface area contributed by atoms with Gasteiger partial charge in [-0.25, -0.2) is 0 Å². The Bertz CT molecular complexity index is 422. The van der Waals surface area contributed by atoms with E-state index in [9.17, 15) is 9.90 Å². The summed E-state index contributed by atoms with van der Waals surface area (Å²) in [5.41, 5.74) is 1.21. The molecule has 1 aliphatic rings. The predicted molar refractivity (Wildman–Crippen MR) is 69.5 cm³/mol. The molecule has 0 spiro atoms. The van der Waals surface area contributed by atoms with Crippen LogP contribution in [0.5, 0.6) is 0 Å². The zero-order valence-corrected chi connectivity index (χ0v) is 10.5. The van der Waals surface area contributed by atoms with Crippen LogP contribution < -0.4 is 10.6 Å². The second-order valence-corrected chi connectivity index (χ2v) is 4.61. The molecule has 0 aromatic carbocycles. The average molecular weight is 249 g/mol. The molecular formula is C13H19N3O2. The monoisotopic (exact) mass is 249 g/mol. The van der Waals surface area contributed by atoms with Gasteiger partial charge >= 0.3 is 0 Å². The number of aromatic nitrogens is 1. The van der Waals surface area contributed by atoms with E-state index in [-0.39, 0.29) is 18.1 Å². The predicted octanol–water partition coefficient (Wildman–Crippen LogP) is 1.16. The number of nitrogens with zero attached hydrogens (tertiary/aromatic N) is 1. The maximum atomic E-state index is 11.5. The van der Waals surface area contributed by atoms with E-state index in [4.69, 9.17) is 0 Å². The Morgan fingerprint density at radius 1 is 1.44 bits per heavy atom. The van der Waals surface area contributed by atoms with Crippen molar-refractivity contribution in [1.82, 2.24) is 10.3 Å². The minimum Gasteiger partial charge on any atom is -0.391 e. The fourth-order valence-corrected chi connectivity index (χ4v) is 2.27. The number of aliphatic hydroxyl groups excluding tert-OH is 1. The molecule has 1 amide bonds. The topological polar surface area (TPSA) is 74.2 Å². The van der Waals surface area contributed by atoms with Crippen LogP contribution in [-0.2, 0) is 0 Å². The minimum atomic E-state index is -0.310. The number of hydrogen-bond acceptors (Lipinski definition) is 4. The lowest BCUT2D eigenvalue weighted by atomic mass is 9.92. The molecule has 1 aliphatic carbocycles. The molecule has 1 aromatic heterocycles. The number of nitrogens with one attached hydrogen (secondary N) is 2. The van der Waals surface area contributed by atoms with Crippen LogP contribution >= 0.6 is 0 Å². The summed E-state index contributed by atoms with van der Waals surface area (Å²) in [6, 6.07) is 3.59. The minimum absolute atomic E-state index is 0.0682. The summed E-state index contributed by atoms with van der Waals surface area (Å²) in [6.45, 7) is 0. The van der Waals surface area contributed by atoms with Gasteiger partial charge in [0, 0.05) is 18.9 Å². The Morgan fingerprint density at radius 2 is 2.22 bits per heavy atom. The van der Waals surface area contributed by atoms with Crippen LogP contribution in [0.15, 0.2) is 18.3 Å². The lowest BCUT2D eigenvalue weighted by Gasteiger charge is -2.29. The number of pyridine rings is 1. The molecule has 98 valence electrons. The highest BCUT2D eigenvalue weighted by atomic mass is 16.3. The molecular weight excluding hydrogens is 230 g/mol. The Morgan fingerprint density at radius 3 is 2.94 bits per heavy atom. The Hall–Kier alpha value is -1.62. The van der Waals surface area contributed by atoms with Gasteiger partial charge in [0.1, 0.15) is 5.69 Å². The fraction of sp³-hybridized carbons (Fsp3) is 0.538. The van der Waals surface area contributed by atoms with Crippen molar-refractivity contribution in [3.8, 4) is 0 Å². The first-order chi connectivity index (χ1) is 8.70. The molecule has 0 bridgehead atoms. The number of anilines is 1. The zero-order chi connectivity index (χ0) is 13.0. The van der Waals surface area contributed by atoms with Gasteiger partial charge in [0.25, 0.3) is 5.91 Å². The van der Waals surface area contributed by atoms with Crippen molar-refractivity contribution >= 4 is 11.6 Å². The molecule has 1 heterocycles. The van der Waals surface area contributed by atoms with Crippen LogP contribution in [0.25, 0.3) is 0 Å². The van der Waals surface area contributed by atoms with Gasteiger partial charge in [-0.3, -0.25) is 9.78 Å². The third kappa shape index (κ3) is 2.98. The summed E-state index contributed by atoms with van der Waals surface area (Å²) in [5, 5.41) is 15.7. The van der Waals surface area contributed by atoms with E-state index in [1.807, 2.05) is 6.07 Å². The van der Waals surface area contributed by atoms with Crippen molar-refractivity contribution in [2.24, 2.45) is 0 Å². The molecule has 1 saturated carbocycles. The molecule has 3 N–H and O–H groups in total. The van der Waals surface area contributed by atoms with Gasteiger partial charge in [-0.05, 0) is 25.0 Å². The van der Waals surface area contributed by atoms with Gasteiger partial charge < -0.3 is 15.7 Å². The second kappa shape index (κ2) is 5.82. The van der Waals surface area contributed by atoms with Crippen LogP contribution in [-0.4, -0.2) is 35.2 Å². The molecule has 5 heteroatoms. The number of carbonyl (C=O) groups is 1. The number of carbonyl (C=O) groups excluding carboxylic acids is 1. The standard InChI is InChI=1S/C13H19N3O2/c1-14-13(18)11-8-9(6-7-15-11)16-10-4-2-3-5-12(10)17/h6-8,10,12,17H,2-5H2,1H3,(H,14,18)(H,15,16). The molecule has 0 aliphatic heterocycles. The van der Waals surface area contributed by atoms with Crippen molar-refractivity contribution in [3.63, 3.8) is 0 Å². The summed E-state index contributed by atoms with van der Waals surface area (Å²) < 4.78 is 0. The van der Waals surface area contributed by atoms with E-state index in [1.54, 1.807) is 19.3 Å². The maximum absolute atomic E-state index is 11.5. The van der Waals surface area contributed by atoms with Crippen LogP contribution in [0.2, 0.25) is 0 Å². The maximum Gasteiger partial charge on any atom is 0.269 e. The van der Waals surface area contributed by atoms with Crippen LogP contribution in [0.1, 0.15) is 36.2 Å². The third-order valence-electron chi connectivity index (χ3n) is 3.30. The largest absolute Gasteiger partial charge is 0.391 e. The molecule has 2 atom stereocenters. The third-order valence-corrected chi connectivity index (χ3v) is 3.30. The molecule has 18 heavy (non-hydrogen) atoms. The van der Waals surface area contributed by atoms with Crippen molar-refractivity contribution < 1.29 is 9.90 Å². The summed E-state index contributed by atoms with van der Waals surface area (Å²) in [5.74, 6) is -0.206. The van der Waals surface area contributed by atoms with Crippen molar-refractivity contribution in [2.75, 3.05) is 12.4 Å². The van der Waals surface area contributed by atoms with Crippen LogP contribution in [0.4, 0.5) is 5.69 Å². The molecule has 1 aromatic rings. The lowest BCUT2D eigenvalue weighted by molar-refractivity contribution is 0.0958. The van der Waals surface area contributed by atoms with E-state index in [1.165, 1.54) is 0 Å². The van der Waals surface area contributed by atoms with E-state index in [2.05, 4.69) is 15.6 Å². The van der Waals surface area contributed by atoms with Gasteiger partial charge in [0.05, 0.1) is 12.1 Å². The molecule has 5 nitrogen and oxygen atoms in total. The van der Waals surface area contributed by atoms with E-state index in [0.717, 1.165) is 31.4 Å². The summed E-state index contributed by atoms with van der Waals surface area (Å²) in [7, 11) is 1.58. The summed E-state index contributed by atoms with van der Waals surface area (Å²) >= 11 is 0. The van der Waals surface area contributed by atoms with E-state index >= 15 is 0 Å². The highest BCUT2D eigenvalue weighted by molar-refractivity contribution is 5.92. The number of aliphatic hydroxyl groups is 1. The van der Waals surface area contributed by atoms with E-state index < -0.39 is 0 Å². The van der Waals surface area contributed by atoms with Crippen molar-refractivity contribution in [3.05, 3.63) is 24.0 Å². The SMILES string of the molecule is CNC(=O)c1cc(NC2CCCCC2O)ccn1. The first kappa shape index (κ1) is 12.8. The first-order valence-electron chi connectivity index (χ1n) is 6.33. The zero-order valence-electron chi connectivity index (χ0n) is 10.5. The van der Waals surface area contributed by atoms with Gasteiger partial charge in [-0.1, -0.05) is 12.8 Å². The van der Waals surface area contributed by atoms with Gasteiger partial charge in [0.2, 0.25) is 0 Å². The molecule has 2 unspecified atom stereocenters. The van der Waals surface area contributed by atoms with Gasteiger partial charge in [-0.2, -0.15) is 0 Å². The molecule has 1 fully saturated rings. The Balaban J connectivity index is 2.06. The molecule has 0 saturated heterocycles.